The van der Waals surface area contributed by atoms with E-state index in [9.17, 15) is 26.4 Å². The molecule has 11 heteroatoms. The Balaban J connectivity index is 2.26. The summed E-state index contributed by atoms with van der Waals surface area (Å²) < 4.78 is 66.1. The molecule has 0 aliphatic carbocycles. The van der Waals surface area contributed by atoms with Gasteiger partial charge in [0.2, 0.25) is 15.9 Å². The molecule has 0 unspecified atom stereocenters. The molecule has 29 heavy (non-hydrogen) atoms. The third kappa shape index (κ3) is 6.53. The van der Waals surface area contributed by atoms with Crippen molar-refractivity contribution in [1.29, 1.82) is 0 Å². The van der Waals surface area contributed by atoms with E-state index in [-0.39, 0.29) is 17.8 Å². The molecule has 0 spiro atoms. The number of carbonyl (C=O) groups excluding carboxylic acids is 1. The Bertz CT molecular complexity index is 966. The molecule has 1 atom stereocenters. The van der Waals surface area contributed by atoms with Crippen LogP contribution in [0.3, 0.4) is 0 Å². The normalized spacial score (nSPS) is 12.9. The minimum atomic E-state index is -4.83. The number of nitrogens with one attached hydrogen (secondary N) is 1. The van der Waals surface area contributed by atoms with E-state index in [1.807, 2.05) is 0 Å². The van der Waals surface area contributed by atoms with Crippen molar-refractivity contribution in [3.8, 4) is 5.75 Å². The highest BCUT2D eigenvalue weighted by Crippen LogP contribution is 2.27. The molecule has 2 aromatic carbocycles. The van der Waals surface area contributed by atoms with Crippen molar-refractivity contribution in [2.75, 3.05) is 15.9 Å². The van der Waals surface area contributed by atoms with Gasteiger partial charge in [0, 0.05) is 10.7 Å². The zero-order valence-electron chi connectivity index (χ0n) is 15.4. The summed E-state index contributed by atoms with van der Waals surface area (Å²) >= 11 is 5.94. The van der Waals surface area contributed by atoms with Gasteiger partial charge in [0.15, 0.2) is 0 Å². The number of carbonyl (C=O) groups is 1. The van der Waals surface area contributed by atoms with Crippen molar-refractivity contribution in [3.05, 3.63) is 53.6 Å². The first-order chi connectivity index (χ1) is 13.4. The van der Waals surface area contributed by atoms with Gasteiger partial charge in [-0.1, -0.05) is 24.6 Å². The number of halogens is 4. The van der Waals surface area contributed by atoms with E-state index in [2.05, 4.69) is 10.1 Å². The minimum absolute atomic E-state index is 0.140. The molecule has 0 saturated carbocycles. The maximum absolute atomic E-state index is 12.7. The maximum Gasteiger partial charge on any atom is 0.573 e. The Morgan fingerprint density at radius 1 is 1.21 bits per heavy atom. The van der Waals surface area contributed by atoms with Crippen molar-refractivity contribution in [2.45, 2.75) is 25.7 Å². The third-order valence-corrected chi connectivity index (χ3v) is 5.16. The van der Waals surface area contributed by atoms with E-state index < -0.39 is 34.1 Å². The Labute approximate surface area is 171 Å². The van der Waals surface area contributed by atoms with E-state index in [1.165, 1.54) is 24.3 Å². The van der Waals surface area contributed by atoms with Gasteiger partial charge >= 0.3 is 6.36 Å². The number of anilines is 2. The predicted molar refractivity (Wildman–Crippen MR) is 105 cm³/mol. The first-order valence-electron chi connectivity index (χ1n) is 8.32. The molecule has 2 aromatic rings. The summed E-state index contributed by atoms with van der Waals surface area (Å²) in [6.45, 7) is 1.63. The lowest BCUT2D eigenvalue weighted by atomic mass is 10.1. The van der Waals surface area contributed by atoms with Gasteiger partial charge < -0.3 is 10.1 Å². The average molecular weight is 451 g/mol. The smallest absolute Gasteiger partial charge is 0.406 e. The molecule has 0 fully saturated rings. The summed E-state index contributed by atoms with van der Waals surface area (Å²) in [5, 5.41) is 2.80. The Morgan fingerprint density at radius 2 is 1.83 bits per heavy atom. The minimum Gasteiger partial charge on any atom is -0.406 e. The van der Waals surface area contributed by atoms with Gasteiger partial charge in [-0.05, 0) is 48.9 Å². The lowest BCUT2D eigenvalue weighted by Crippen LogP contribution is -2.47. The van der Waals surface area contributed by atoms with Crippen molar-refractivity contribution >= 4 is 38.9 Å². The SMILES string of the molecule is CC[C@@H](C(=O)Nc1ccc(OC(F)(F)F)cc1)N(c1cccc(Cl)c1)S(C)(=O)=O. The lowest BCUT2D eigenvalue weighted by molar-refractivity contribution is -0.274. The van der Waals surface area contributed by atoms with Crippen LogP contribution < -0.4 is 14.4 Å². The predicted octanol–water partition coefficient (Wildman–Crippen LogP) is 4.42. The van der Waals surface area contributed by atoms with Crippen molar-refractivity contribution in [1.82, 2.24) is 0 Å². The number of rotatable bonds is 7. The third-order valence-electron chi connectivity index (χ3n) is 3.75. The average Bonchev–Trinajstić information content (AvgIpc) is 2.58. The second kappa shape index (κ2) is 8.91. The number of nitrogens with zero attached hydrogens (tertiary/aromatic N) is 1. The number of benzene rings is 2. The van der Waals surface area contributed by atoms with Gasteiger partial charge in [-0.15, -0.1) is 13.2 Å². The second-order valence-electron chi connectivity index (χ2n) is 6.02. The van der Waals surface area contributed by atoms with Crippen molar-refractivity contribution < 1.29 is 31.1 Å². The van der Waals surface area contributed by atoms with Gasteiger partial charge in [0.05, 0.1) is 11.9 Å². The Hall–Kier alpha value is -2.46. The van der Waals surface area contributed by atoms with E-state index in [0.717, 1.165) is 22.7 Å². The second-order valence-corrected chi connectivity index (χ2v) is 8.32. The van der Waals surface area contributed by atoms with Gasteiger partial charge in [-0.3, -0.25) is 9.10 Å². The summed E-state index contributed by atoms with van der Waals surface area (Å²) in [5.74, 6) is -1.10. The van der Waals surface area contributed by atoms with Crippen LogP contribution in [-0.2, 0) is 14.8 Å². The highest BCUT2D eigenvalue weighted by atomic mass is 35.5. The van der Waals surface area contributed by atoms with E-state index in [0.29, 0.717) is 5.02 Å². The van der Waals surface area contributed by atoms with E-state index in [1.54, 1.807) is 19.1 Å². The molecule has 0 aliphatic rings. The van der Waals surface area contributed by atoms with Crippen LogP contribution in [0.1, 0.15) is 13.3 Å². The van der Waals surface area contributed by atoms with Gasteiger partial charge in [0.25, 0.3) is 0 Å². The van der Waals surface area contributed by atoms with Crippen LogP contribution in [0, 0.1) is 0 Å². The fourth-order valence-corrected chi connectivity index (χ4v) is 4.03. The molecule has 0 aliphatic heterocycles. The summed E-state index contributed by atoms with van der Waals surface area (Å²) in [7, 11) is -3.84. The van der Waals surface area contributed by atoms with Crippen LogP contribution >= 0.6 is 11.6 Å². The number of amides is 1. The molecule has 0 aromatic heterocycles. The van der Waals surface area contributed by atoms with Crippen LogP contribution in [0.4, 0.5) is 24.5 Å². The highest BCUT2D eigenvalue weighted by Gasteiger charge is 2.32. The highest BCUT2D eigenvalue weighted by molar-refractivity contribution is 7.92. The molecule has 0 heterocycles. The first-order valence-corrected chi connectivity index (χ1v) is 10.5. The summed E-state index contributed by atoms with van der Waals surface area (Å²) in [6, 6.07) is 9.45. The quantitative estimate of drug-likeness (QED) is 0.677. The van der Waals surface area contributed by atoms with Crippen LogP contribution in [0.5, 0.6) is 5.75 Å². The molecular formula is C18H18ClF3N2O4S. The molecule has 0 saturated heterocycles. The molecule has 1 N–H and O–H groups in total. The first kappa shape index (κ1) is 22.8. The summed E-state index contributed by atoms with van der Waals surface area (Å²) in [6.07, 6.45) is -3.72. The van der Waals surface area contributed by atoms with Crippen LogP contribution in [0.15, 0.2) is 48.5 Å². The van der Waals surface area contributed by atoms with E-state index >= 15 is 0 Å². The van der Waals surface area contributed by atoms with Gasteiger partial charge in [-0.2, -0.15) is 0 Å². The zero-order valence-corrected chi connectivity index (χ0v) is 17.0. The van der Waals surface area contributed by atoms with E-state index in [4.69, 9.17) is 11.6 Å². The van der Waals surface area contributed by atoms with Crippen LogP contribution in [-0.4, -0.2) is 33.0 Å². The molecule has 0 radical (unpaired) electrons. The molecule has 158 valence electrons. The van der Waals surface area contributed by atoms with Gasteiger partial charge in [0.1, 0.15) is 11.8 Å². The standard InChI is InChI=1S/C18H18ClF3N2O4S/c1-3-16(24(29(2,26)27)14-6-4-5-12(19)11-14)17(25)23-13-7-9-15(10-8-13)28-18(20,21)22/h4-11,16H,3H2,1-2H3,(H,23,25)/t16-/m0/s1. The fraction of sp³-hybridized carbons (Fsp3) is 0.278. The number of hydrogen-bond donors (Lipinski definition) is 1. The van der Waals surface area contributed by atoms with Gasteiger partial charge in [-0.25, -0.2) is 8.42 Å². The number of hydrogen-bond acceptors (Lipinski definition) is 4. The topological polar surface area (TPSA) is 75.7 Å². The molecular weight excluding hydrogens is 433 g/mol. The van der Waals surface area contributed by atoms with Crippen molar-refractivity contribution in [2.24, 2.45) is 0 Å². The van der Waals surface area contributed by atoms with Crippen molar-refractivity contribution in [3.63, 3.8) is 0 Å². The molecule has 1 amide bonds. The fourth-order valence-electron chi connectivity index (χ4n) is 2.64. The largest absolute Gasteiger partial charge is 0.573 e. The summed E-state index contributed by atoms with van der Waals surface area (Å²) in [4.78, 5) is 12.7. The Kier molecular flexibility index (Phi) is 7.02. The van der Waals surface area contributed by atoms with Crippen LogP contribution in [0.25, 0.3) is 0 Å². The number of ether oxygens (including phenoxy) is 1. The van der Waals surface area contributed by atoms with Crippen LogP contribution in [0.2, 0.25) is 5.02 Å². The summed E-state index contributed by atoms with van der Waals surface area (Å²) in [5.41, 5.74) is 0.401. The molecule has 2 rings (SSSR count). The maximum atomic E-state index is 12.7. The zero-order chi connectivity index (χ0) is 21.8. The monoisotopic (exact) mass is 450 g/mol. The Morgan fingerprint density at radius 3 is 2.31 bits per heavy atom. The number of sulfonamides is 1. The number of alkyl halides is 3. The lowest BCUT2D eigenvalue weighted by Gasteiger charge is -2.30. The molecule has 6 nitrogen and oxygen atoms in total. The molecule has 0 bridgehead atoms.